The van der Waals surface area contributed by atoms with Crippen LogP contribution in [0.4, 0.5) is 0 Å². The fourth-order valence-electron chi connectivity index (χ4n) is 0.908. The van der Waals surface area contributed by atoms with E-state index in [9.17, 15) is 0 Å². The second-order valence-corrected chi connectivity index (χ2v) is 2.46. The molecule has 0 unspecified atom stereocenters. The lowest BCUT2D eigenvalue weighted by molar-refractivity contribution is -0.671. The summed E-state index contributed by atoms with van der Waals surface area (Å²) in [5.74, 6) is 0. The summed E-state index contributed by atoms with van der Waals surface area (Å²) in [4.78, 5) is 0. The highest BCUT2D eigenvalue weighted by atomic mass is 79.9. The summed E-state index contributed by atoms with van der Waals surface area (Å²) in [6, 6.07) is 0. The molecule has 0 aliphatic carbocycles. The number of aryl methyl sites for hydroxylation is 2. The van der Waals surface area contributed by atoms with Crippen molar-refractivity contribution >= 4 is 0 Å². The lowest BCUT2D eigenvalue weighted by atomic mass is 10.4. The van der Waals surface area contributed by atoms with Crippen LogP contribution in [0.3, 0.4) is 0 Å². The summed E-state index contributed by atoms with van der Waals surface area (Å²) in [6.07, 6.45) is 7.18. The lowest BCUT2D eigenvalue weighted by Crippen LogP contribution is -3.00. The molecule has 2 N–H and O–H groups in total. The Hall–Kier alpha value is -0.350. The number of nitrogens with two attached hydrogens (primary N) is 1. The molecule has 0 aliphatic heterocycles. The molecule has 4 heteroatoms. The number of imidazole rings is 1. The van der Waals surface area contributed by atoms with E-state index in [0.29, 0.717) is 0 Å². The summed E-state index contributed by atoms with van der Waals surface area (Å²) in [5.41, 5.74) is 5.36. The van der Waals surface area contributed by atoms with E-state index in [1.165, 1.54) is 0 Å². The average molecular weight is 220 g/mol. The third-order valence-electron chi connectivity index (χ3n) is 1.44. The molecular weight excluding hydrogens is 206 g/mol. The zero-order valence-corrected chi connectivity index (χ0v) is 8.29. The predicted molar refractivity (Wildman–Crippen MR) is 39.3 cm³/mol. The van der Waals surface area contributed by atoms with Gasteiger partial charge in [0.15, 0.2) is 0 Å². The van der Waals surface area contributed by atoms with Gasteiger partial charge in [-0.2, -0.15) is 0 Å². The molecule has 1 rings (SSSR count). The molecule has 3 nitrogen and oxygen atoms in total. The van der Waals surface area contributed by atoms with E-state index in [-0.39, 0.29) is 17.0 Å². The van der Waals surface area contributed by atoms with Crippen LogP contribution < -0.4 is 27.3 Å². The Balaban J connectivity index is 0.000001000. The summed E-state index contributed by atoms with van der Waals surface area (Å²) in [6.45, 7) is 1.79. The maximum Gasteiger partial charge on any atom is 0.243 e. The van der Waals surface area contributed by atoms with E-state index < -0.39 is 0 Å². The second-order valence-electron chi connectivity index (χ2n) is 2.46. The highest BCUT2D eigenvalue weighted by molar-refractivity contribution is 4.65. The van der Waals surface area contributed by atoms with Crippen LogP contribution in [0, 0.1) is 0 Å². The van der Waals surface area contributed by atoms with Crippen LogP contribution in [-0.4, -0.2) is 11.1 Å². The first-order valence-corrected chi connectivity index (χ1v) is 3.54. The Morgan fingerprint density at radius 3 is 2.73 bits per heavy atom. The van der Waals surface area contributed by atoms with E-state index in [1.807, 2.05) is 17.8 Å². The van der Waals surface area contributed by atoms with E-state index in [0.717, 1.165) is 19.5 Å². The van der Waals surface area contributed by atoms with Crippen molar-refractivity contribution < 1.29 is 21.5 Å². The van der Waals surface area contributed by atoms with Crippen molar-refractivity contribution in [3.8, 4) is 0 Å². The number of hydrogen-bond donors (Lipinski definition) is 1. The molecule has 1 aromatic heterocycles. The van der Waals surface area contributed by atoms with Gasteiger partial charge in [0.2, 0.25) is 6.33 Å². The molecule has 1 heterocycles. The molecule has 0 bridgehead atoms. The third-order valence-corrected chi connectivity index (χ3v) is 1.44. The summed E-state index contributed by atoms with van der Waals surface area (Å²) >= 11 is 0. The molecule has 0 amide bonds. The van der Waals surface area contributed by atoms with Crippen LogP contribution in [0.2, 0.25) is 0 Å². The topological polar surface area (TPSA) is 34.8 Å². The fourth-order valence-corrected chi connectivity index (χ4v) is 0.908. The number of halogens is 1. The zero-order valence-electron chi connectivity index (χ0n) is 6.70. The SMILES string of the molecule is C[n+]1ccn(CCCN)c1.[Br-]. The van der Waals surface area contributed by atoms with Crippen LogP contribution in [0.25, 0.3) is 0 Å². The van der Waals surface area contributed by atoms with E-state index >= 15 is 0 Å². The van der Waals surface area contributed by atoms with Crippen LogP contribution in [0.5, 0.6) is 0 Å². The van der Waals surface area contributed by atoms with Gasteiger partial charge in [0.05, 0.1) is 13.6 Å². The Morgan fingerprint density at radius 1 is 1.55 bits per heavy atom. The van der Waals surface area contributed by atoms with Gasteiger partial charge < -0.3 is 22.7 Å². The first-order chi connectivity index (χ1) is 4.83. The van der Waals surface area contributed by atoms with Gasteiger partial charge in [-0.25, -0.2) is 9.13 Å². The van der Waals surface area contributed by atoms with Crippen LogP contribution in [0.1, 0.15) is 6.42 Å². The largest absolute Gasteiger partial charge is 1.00 e. The molecule has 0 atom stereocenters. The van der Waals surface area contributed by atoms with E-state index in [4.69, 9.17) is 5.73 Å². The van der Waals surface area contributed by atoms with Crippen LogP contribution >= 0.6 is 0 Å². The first kappa shape index (κ1) is 10.7. The maximum atomic E-state index is 5.36. The molecular formula is C7H14BrN3. The number of rotatable bonds is 3. The van der Waals surface area contributed by atoms with Crippen molar-refractivity contribution in [3.63, 3.8) is 0 Å². The predicted octanol–water partition coefficient (Wildman–Crippen LogP) is -3.33. The highest BCUT2D eigenvalue weighted by Gasteiger charge is 1.96. The Kier molecular flexibility index (Phi) is 5.15. The molecule has 0 saturated carbocycles. The minimum atomic E-state index is 0. The molecule has 0 spiro atoms. The molecule has 0 aliphatic rings. The average Bonchev–Trinajstić information content (AvgIpc) is 2.31. The van der Waals surface area contributed by atoms with Crippen molar-refractivity contribution in [2.24, 2.45) is 12.8 Å². The monoisotopic (exact) mass is 219 g/mol. The van der Waals surface area contributed by atoms with E-state index in [1.54, 1.807) is 0 Å². The van der Waals surface area contributed by atoms with Gasteiger partial charge in [-0.15, -0.1) is 0 Å². The quantitative estimate of drug-likeness (QED) is 0.531. The van der Waals surface area contributed by atoms with Crippen LogP contribution in [0.15, 0.2) is 18.7 Å². The fraction of sp³-hybridized carbons (Fsp3) is 0.571. The van der Waals surface area contributed by atoms with Crippen molar-refractivity contribution in [2.75, 3.05) is 6.54 Å². The lowest BCUT2D eigenvalue weighted by Gasteiger charge is -1.90. The molecule has 64 valence electrons. The molecule has 0 aromatic carbocycles. The second kappa shape index (κ2) is 5.32. The van der Waals surface area contributed by atoms with Gasteiger partial charge in [0.25, 0.3) is 0 Å². The van der Waals surface area contributed by atoms with Crippen molar-refractivity contribution in [3.05, 3.63) is 18.7 Å². The van der Waals surface area contributed by atoms with Crippen molar-refractivity contribution in [1.29, 1.82) is 0 Å². The normalized spacial score (nSPS) is 9.27. The Bertz CT molecular complexity index is 197. The molecule has 0 fully saturated rings. The van der Waals surface area contributed by atoms with Crippen molar-refractivity contribution in [2.45, 2.75) is 13.0 Å². The minimum Gasteiger partial charge on any atom is -1.00 e. The van der Waals surface area contributed by atoms with Gasteiger partial charge in [-0.1, -0.05) is 0 Å². The van der Waals surface area contributed by atoms with Gasteiger partial charge >= 0.3 is 0 Å². The minimum absolute atomic E-state index is 0. The van der Waals surface area contributed by atoms with Gasteiger partial charge in [0, 0.05) is 0 Å². The summed E-state index contributed by atoms with van der Waals surface area (Å²) in [7, 11) is 2.01. The Morgan fingerprint density at radius 2 is 2.27 bits per heavy atom. The van der Waals surface area contributed by atoms with Gasteiger partial charge in [0.1, 0.15) is 12.4 Å². The summed E-state index contributed by atoms with van der Waals surface area (Å²) in [5, 5.41) is 0. The maximum absolute atomic E-state index is 5.36. The molecule has 0 radical (unpaired) electrons. The number of aromatic nitrogens is 2. The van der Waals surface area contributed by atoms with Crippen molar-refractivity contribution in [1.82, 2.24) is 4.57 Å². The highest BCUT2D eigenvalue weighted by Crippen LogP contribution is 1.85. The van der Waals surface area contributed by atoms with E-state index in [2.05, 4.69) is 17.1 Å². The molecule has 0 saturated heterocycles. The number of hydrogen-bond acceptors (Lipinski definition) is 1. The Labute approximate surface area is 77.6 Å². The smallest absolute Gasteiger partial charge is 0.243 e. The first-order valence-electron chi connectivity index (χ1n) is 3.54. The van der Waals surface area contributed by atoms with Gasteiger partial charge in [-0.05, 0) is 13.0 Å². The molecule has 11 heavy (non-hydrogen) atoms. The van der Waals surface area contributed by atoms with Crippen LogP contribution in [-0.2, 0) is 13.6 Å². The zero-order chi connectivity index (χ0) is 7.40. The molecule has 1 aromatic rings. The van der Waals surface area contributed by atoms with Gasteiger partial charge in [-0.3, -0.25) is 0 Å². The number of nitrogens with zero attached hydrogens (tertiary/aromatic N) is 2. The standard InChI is InChI=1S/C7H14N3.BrH/c1-9-5-6-10(7-9)4-2-3-8;/h5-7H,2-4,8H2,1H3;1H/q+1;/p-1. The summed E-state index contributed by atoms with van der Waals surface area (Å²) < 4.78 is 4.16. The third kappa shape index (κ3) is 3.53.